The summed E-state index contributed by atoms with van der Waals surface area (Å²) in [5.41, 5.74) is 0.202. The highest BCUT2D eigenvalue weighted by Crippen LogP contribution is 2.46. The summed E-state index contributed by atoms with van der Waals surface area (Å²) in [4.78, 5) is 65.3. The minimum Gasteiger partial charge on any atom is -0.497 e. The molecule has 2 aromatic rings. The van der Waals surface area contributed by atoms with Gasteiger partial charge in [0.05, 0.1) is 29.9 Å². The topological polar surface area (TPSA) is 206 Å². The molecule has 3 heterocycles. The van der Waals surface area contributed by atoms with E-state index >= 15 is 0 Å². The van der Waals surface area contributed by atoms with Gasteiger partial charge in [0.1, 0.15) is 35.2 Å². The maximum Gasteiger partial charge on any atom is 0.405 e. The number of rotatable bonds is 8. The van der Waals surface area contributed by atoms with Crippen LogP contribution in [-0.4, -0.2) is 94.8 Å². The van der Waals surface area contributed by atoms with Gasteiger partial charge in [0.25, 0.3) is 5.91 Å². The second-order valence-corrected chi connectivity index (χ2v) is 17.1. The zero-order chi connectivity index (χ0) is 37.5. The van der Waals surface area contributed by atoms with E-state index in [2.05, 4.69) is 15.4 Å². The Hall–Kier alpha value is -4.47. The number of hydrogen-bond acceptors (Lipinski definition) is 10. The fourth-order valence-corrected chi connectivity index (χ4v) is 8.77. The van der Waals surface area contributed by atoms with E-state index in [1.165, 1.54) is 4.90 Å². The van der Waals surface area contributed by atoms with Gasteiger partial charge in [0, 0.05) is 24.3 Å². The summed E-state index contributed by atoms with van der Waals surface area (Å²) < 4.78 is 39.7. The highest BCUT2D eigenvalue weighted by molar-refractivity contribution is 7.91. The molecule has 1 aromatic carbocycles. The molecule has 15 nitrogen and oxygen atoms in total. The molecule has 0 bridgehead atoms. The molecular weight excluding hydrogens is 692 g/mol. The summed E-state index contributed by atoms with van der Waals surface area (Å²) in [6.07, 6.45) is 4.67. The molecule has 4 amide bonds. The third-order valence-corrected chi connectivity index (χ3v) is 12.4. The number of methoxy groups -OCH3 is 1. The molecule has 282 valence electrons. The standard InChI is InChI=1S/C36H48N6O9S/c1-19(2)29-32(38-27-15-23(50-5)10-13-26(27)37-29)51-24-16-28-31(43)40-36(34(45)41-52(48,49)25-11-12-25)17-22(36)9-7-6-8-20(3)14-21(4)30(39-35(46)47)33(44)42(28)18-24/h7,9-10,13,15,19-22,24-25,28,30,39H,6,8,11-12,14,16-18H2,1-5H3,(H,40,43)(H,41,45)(H,46,47)/t20-,21-,22-,24-,28+,30+,36-/m1/s1. The average Bonchev–Trinajstić information content (AvgIpc) is 4.01. The number of nitrogens with one attached hydrogen (secondary N) is 3. The van der Waals surface area contributed by atoms with Crippen molar-refractivity contribution in [3.63, 3.8) is 0 Å². The molecule has 52 heavy (non-hydrogen) atoms. The van der Waals surface area contributed by atoms with Gasteiger partial charge < -0.3 is 30.1 Å². The normalized spacial score (nSPS) is 29.7. The smallest absolute Gasteiger partial charge is 0.405 e. The van der Waals surface area contributed by atoms with Gasteiger partial charge in [0.2, 0.25) is 27.7 Å². The number of aromatic nitrogens is 2. The Labute approximate surface area is 303 Å². The van der Waals surface area contributed by atoms with Crippen molar-refractivity contribution in [1.29, 1.82) is 0 Å². The molecule has 1 saturated heterocycles. The lowest BCUT2D eigenvalue weighted by atomic mass is 9.88. The number of ether oxygens (including phenoxy) is 2. The van der Waals surface area contributed by atoms with Crippen LogP contribution in [0.5, 0.6) is 11.6 Å². The first-order valence-electron chi connectivity index (χ1n) is 18.0. The van der Waals surface area contributed by atoms with E-state index in [9.17, 15) is 32.7 Å². The van der Waals surface area contributed by atoms with Crippen LogP contribution in [-0.2, 0) is 24.4 Å². The van der Waals surface area contributed by atoms with E-state index in [1.54, 1.807) is 25.3 Å². The summed E-state index contributed by atoms with van der Waals surface area (Å²) >= 11 is 0. The van der Waals surface area contributed by atoms with Crippen molar-refractivity contribution in [2.24, 2.45) is 17.8 Å². The Morgan fingerprint density at radius 1 is 1.10 bits per heavy atom. The van der Waals surface area contributed by atoms with Gasteiger partial charge in [-0.05, 0) is 62.5 Å². The second kappa shape index (κ2) is 14.5. The molecule has 4 aliphatic rings. The highest BCUT2D eigenvalue weighted by Gasteiger charge is 2.62. The van der Waals surface area contributed by atoms with Crippen LogP contribution in [0.1, 0.15) is 84.3 Å². The zero-order valence-corrected chi connectivity index (χ0v) is 30.9. The Morgan fingerprint density at radius 2 is 1.85 bits per heavy atom. The van der Waals surface area contributed by atoms with Gasteiger partial charge in [-0.1, -0.05) is 39.8 Å². The number of carboxylic acid groups (broad SMARTS) is 1. The van der Waals surface area contributed by atoms with Crippen LogP contribution in [0.4, 0.5) is 4.79 Å². The number of carbonyl (C=O) groups is 4. The number of amides is 4. The predicted molar refractivity (Wildman–Crippen MR) is 190 cm³/mol. The zero-order valence-electron chi connectivity index (χ0n) is 30.1. The quantitative estimate of drug-likeness (QED) is 0.289. The van der Waals surface area contributed by atoms with Crippen LogP contribution in [0.3, 0.4) is 0 Å². The first-order valence-corrected chi connectivity index (χ1v) is 19.5. The van der Waals surface area contributed by atoms with Gasteiger partial charge in [-0.2, -0.15) is 0 Å². The lowest BCUT2D eigenvalue weighted by molar-refractivity contribution is -0.142. The summed E-state index contributed by atoms with van der Waals surface area (Å²) in [6, 6.07) is 2.98. The third-order valence-electron chi connectivity index (χ3n) is 10.6. The van der Waals surface area contributed by atoms with Gasteiger partial charge in [-0.15, -0.1) is 0 Å². The van der Waals surface area contributed by atoms with Crippen LogP contribution >= 0.6 is 0 Å². The SMILES string of the molecule is COc1ccc2nc(C(C)C)c(O[C@@H]3C[C@H]4C(=O)N[C@]5(C(=O)NS(=O)(=O)C6CC6)C[C@H]5C=CCC[C@@H](C)C[C@@H](C)[C@H](NC(=O)O)C(=O)N4C3)nc2c1. The molecule has 2 aliphatic heterocycles. The monoisotopic (exact) mass is 740 g/mol. The molecule has 2 saturated carbocycles. The minimum atomic E-state index is -3.91. The first kappa shape index (κ1) is 37.3. The van der Waals surface area contributed by atoms with E-state index in [4.69, 9.17) is 19.4 Å². The Bertz CT molecular complexity index is 1880. The molecule has 3 fully saturated rings. The minimum absolute atomic E-state index is 0.00388. The van der Waals surface area contributed by atoms with Crippen LogP contribution in [0, 0.1) is 17.8 Å². The summed E-state index contributed by atoms with van der Waals surface area (Å²) in [5, 5.41) is 14.4. The number of fused-ring (bicyclic) bond motifs is 3. The molecule has 0 radical (unpaired) electrons. The van der Waals surface area contributed by atoms with Crippen molar-refractivity contribution >= 4 is 44.9 Å². The lowest BCUT2D eigenvalue weighted by Gasteiger charge is -2.32. The number of hydrogen-bond donors (Lipinski definition) is 4. The lowest BCUT2D eigenvalue weighted by Crippen LogP contribution is -2.59. The Morgan fingerprint density at radius 3 is 2.52 bits per heavy atom. The average molecular weight is 741 g/mol. The van der Waals surface area contributed by atoms with Gasteiger partial charge >= 0.3 is 6.09 Å². The van der Waals surface area contributed by atoms with E-state index in [0.29, 0.717) is 48.2 Å². The van der Waals surface area contributed by atoms with Crippen LogP contribution < -0.4 is 24.8 Å². The first-order chi connectivity index (χ1) is 24.6. The summed E-state index contributed by atoms with van der Waals surface area (Å²) in [7, 11) is -2.36. The van der Waals surface area contributed by atoms with Gasteiger partial charge in [0.15, 0.2) is 0 Å². The van der Waals surface area contributed by atoms with E-state index < -0.39 is 74.7 Å². The fourth-order valence-electron chi connectivity index (χ4n) is 7.41. The van der Waals surface area contributed by atoms with E-state index in [-0.39, 0.29) is 37.1 Å². The van der Waals surface area contributed by atoms with Gasteiger partial charge in [-0.3, -0.25) is 19.1 Å². The van der Waals surface area contributed by atoms with E-state index in [0.717, 1.165) is 6.42 Å². The molecule has 7 atom stereocenters. The number of sulfonamides is 1. The van der Waals surface area contributed by atoms with Crippen molar-refractivity contribution in [1.82, 2.24) is 30.2 Å². The van der Waals surface area contributed by atoms with Crippen LogP contribution in [0.25, 0.3) is 11.0 Å². The van der Waals surface area contributed by atoms with E-state index in [1.807, 2.05) is 39.8 Å². The van der Waals surface area contributed by atoms with Crippen LogP contribution in [0.2, 0.25) is 0 Å². The second-order valence-electron chi connectivity index (χ2n) is 15.1. The number of allylic oxidation sites excluding steroid dienone is 1. The molecule has 0 unspecified atom stereocenters. The Balaban J connectivity index is 1.35. The largest absolute Gasteiger partial charge is 0.497 e. The maximum atomic E-state index is 14.4. The molecule has 0 spiro atoms. The maximum absolute atomic E-state index is 14.4. The molecule has 16 heteroatoms. The van der Waals surface area contributed by atoms with Crippen molar-refractivity contribution < 1.29 is 42.2 Å². The molecule has 2 aliphatic carbocycles. The molecule has 6 rings (SSSR count). The van der Waals surface area contributed by atoms with Crippen molar-refractivity contribution in [3.8, 4) is 11.6 Å². The van der Waals surface area contributed by atoms with Crippen molar-refractivity contribution in [2.75, 3.05) is 13.7 Å². The van der Waals surface area contributed by atoms with Crippen LogP contribution in [0.15, 0.2) is 30.4 Å². The predicted octanol–water partition coefficient (Wildman–Crippen LogP) is 3.24. The number of nitrogens with zero attached hydrogens (tertiary/aromatic N) is 3. The molecule has 1 aromatic heterocycles. The highest BCUT2D eigenvalue weighted by atomic mass is 32.2. The number of benzene rings is 1. The van der Waals surface area contributed by atoms with Crippen molar-refractivity contribution in [2.45, 2.75) is 108 Å². The Kier molecular flexibility index (Phi) is 10.4. The van der Waals surface area contributed by atoms with Crippen molar-refractivity contribution in [3.05, 3.63) is 36.0 Å². The summed E-state index contributed by atoms with van der Waals surface area (Å²) in [6.45, 7) is 7.65. The molecule has 4 N–H and O–H groups in total. The third kappa shape index (κ3) is 7.81. The summed E-state index contributed by atoms with van der Waals surface area (Å²) in [5.74, 6) is -2.11. The molecular formula is C36H48N6O9S. The fraction of sp³-hybridized carbons (Fsp3) is 0.611. The number of carbonyl (C=O) groups excluding carboxylic acids is 3. The van der Waals surface area contributed by atoms with Gasteiger partial charge in [-0.25, -0.2) is 23.2 Å².